The van der Waals surface area contributed by atoms with Gasteiger partial charge in [-0.2, -0.15) is 4.31 Å². The number of anilines is 1. The van der Waals surface area contributed by atoms with E-state index in [-0.39, 0.29) is 11.5 Å². The van der Waals surface area contributed by atoms with Crippen LogP contribution in [-0.2, 0) is 10.0 Å². The van der Waals surface area contributed by atoms with Gasteiger partial charge in [-0.25, -0.2) is 13.4 Å². The Bertz CT molecular complexity index is 999. The van der Waals surface area contributed by atoms with Crippen molar-refractivity contribution in [2.75, 3.05) is 58.4 Å². The van der Waals surface area contributed by atoms with Crippen molar-refractivity contribution in [3.05, 3.63) is 47.7 Å². The van der Waals surface area contributed by atoms with Gasteiger partial charge in [-0.1, -0.05) is 18.2 Å². The number of pyridine rings is 1. The average molecular weight is 449 g/mol. The summed E-state index contributed by atoms with van der Waals surface area (Å²) >= 11 is 0. The highest BCUT2D eigenvalue weighted by molar-refractivity contribution is 7.89. The number of nitrogens with zero attached hydrogens (tertiary/aromatic N) is 4. The minimum Gasteiger partial charge on any atom is -0.491 e. The molecule has 2 aromatic rings. The van der Waals surface area contributed by atoms with E-state index in [2.05, 4.69) is 4.98 Å². The zero-order valence-corrected chi connectivity index (χ0v) is 19.5. The highest BCUT2D eigenvalue weighted by Gasteiger charge is 2.37. The van der Waals surface area contributed by atoms with Crippen molar-refractivity contribution in [2.24, 2.45) is 0 Å². The zero-order valence-electron chi connectivity index (χ0n) is 18.7. The molecule has 8 nitrogen and oxygen atoms in total. The van der Waals surface area contributed by atoms with Crippen molar-refractivity contribution < 1.29 is 18.3 Å². The number of aliphatic hydroxyl groups is 1. The van der Waals surface area contributed by atoms with Crippen molar-refractivity contribution in [3.63, 3.8) is 0 Å². The first-order valence-corrected chi connectivity index (χ1v) is 11.9. The van der Waals surface area contributed by atoms with Crippen LogP contribution in [0.1, 0.15) is 11.1 Å². The molecule has 1 saturated heterocycles. The lowest BCUT2D eigenvalue weighted by atomic mass is 10.2. The lowest BCUT2D eigenvalue weighted by molar-refractivity contribution is 0.107. The molecule has 0 aliphatic carbocycles. The molecule has 0 radical (unpaired) electrons. The molecule has 1 aromatic carbocycles. The Morgan fingerprint density at radius 3 is 2.71 bits per heavy atom. The quantitative estimate of drug-likeness (QED) is 0.655. The summed E-state index contributed by atoms with van der Waals surface area (Å²) in [6.45, 7) is 5.89. The van der Waals surface area contributed by atoms with E-state index in [9.17, 15) is 13.5 Å². The Morgan fingerprint density at radius 1 is 1.26 bits per heavy atom. The lowest BCUT2D eigenvalue weighted by Gasteiger charge is -2.38. The van der Waals surface area contributed by atoms with E-state index in [1.807, 2.05) is 57.1 Å². The molecule has 1 aliphatic heterocycles. The van der Waals surface area contributed by atoms with Crippen molar-refractivity contribution in [1.82, 2.24) is 14.2 Å². The Hall–Kier alpha value is -2.20. The van der Waals surface area contributed by atoms with Crippen LogP contribution in [0.15, 0.2) is 41.4 Å². The third-order valence-corrected chi connectivity index (χ3v) is 7.49. The highest BCUT2D eigenvalue weighted by Crippen LogP contribution is 2.28. The summed E-state index contributed by atoms with van der Waals surface area (Å²) < 4.78 is 34.4. The van der Waals surface area contributed by atoms with Gasteiger partial charge in [-0.05, 0) is 44.2 Å². The van der Waals surface area contributed by atoms with Gasteiger partial charge >= 0.3 is 0 Å². The second kappa shape index (κ2) is 9.95. The molecule has 31 heavy (non-hydrogen) atoms. The highest BCUT2D eigenvalue weighted by atomic mass is 32.2. The molecule has 1 aliphatic rings. The molecule has 1 aromatic heterocycles. The van der Waals surface area contributed by atoms with E-state index < -0.39 is 16.1 Å². The maximum Gasteiger partial charge on any atom is 0.247 e. The Kier molecular flexibility index (Phi) is 7.53. The van der Waals surface area contributed by atoms with Gasteiger partial charge in [-0.3, -0.25) is 0 Å². The van der Waals surface area contributed by atoms with Gasteiger partial charge in [0.1, 0.15) is 23.1 Å². The number of aromatic nitrogens is 1. The molecular formula is C22H32N4O4S. The van der Waals surface area contributed by atoms with E-state index in [0.29, 0.717) is 38.6 Å². The molecule has 1 N–H and O–H groups in total. The van der Waals surface area contributed by atoms with Crippen LogP contribution in [0.5, 0.6) is 5.75 Å². The van der Waals surface area contributed by atoms with Crippen LogP contribution < -0.4 is 9.64 Å². The van der Waals surface area contributed by atoms with E-state index in [0.717, 1.165) is 16.9 Å². The predicted octanol–water partition coefficient (Wildman–Crippen LogP) is 1.51. The summed E-state index contributed by atoms with van der Waals surface area (Å²) in [7, 11) is -0.0911. The monoisotopic (exact) mass is 448 g/mol. The molecule has 0 spiro atoms. The van der Waals surface area contributed by atoms with Crippen molar-refractivity contribution in [3.8, 4) is 5.75 Å². The first kappa shape index (κ1) is 23.5. The van der Waals surface area contributed by atoms with Crippen LogP contribution in [0.3, 0.4) is 0 Å². The van der Waals surface area contributed by atoms with E-state index >= 15 is 0 Å². The molecule has 0 saturated carbocycles. The van der Waals surface area contributed by atoms with Crippen LogP contribution in [0.25, 0.3) is 0 Å². The minimum atomic E-state index is -3.83. The van der Waals surface area contributed by atoms with Crippen LogP contribution >= 0.6 is 0 Å². The maximum atomic E-state index is 13.6. The SMILES string of the molecule is Cc1cnc(N(C)CCOc2ccccc2C)c(S(=O)(=O)N2CCN(C)CC2CO)c1. The number of sulfonamides is 1. The van der Waals surface area contributed by atoms with Gasteiger partial charge < -0.3 is 19.6 Å². The predicted molar refractivity (Wildman–Crippen MR) is 121 cm³/mol. The fourth-order valence-corrected chi connectivity index (χ4v) is 5.59. The summed E-state index contributed by atoms with van der Waals surface area (Å²) in [6, 6.07) is 8.96. The van der Waals surface area contributed by atoms with Crippen molar-refractivity contribution >= 4 is 15.8 Å². The molecule has 2 heterocycles. The summed E-state index contributed by atoms with van der Waals surface area (Å²) in [5, 5.41) is 9.79. The molecule has 1 unspecified atom stereocenters. The molecule has 3 rings (SSSR count). The largest absolute Gasteiger partial charge is 0.491 e. The van der Waals surface area contributed by atoms with Crippen LogP contribution in [-0.4, -0.2) is 87.2 Å². The topological polar surface area (TPSA) is 86.2 Å². The fourth-order valence-electron chi connectivity index (χ4n) is 3.71. The number of para-hydroxylation sites is 1. The van der Waals surface area contributed by atoms with Gasteiger partial charge in [0.15, 0.2) is 0 Å². The number of benzene rings is 1. The summed E-state index contributed by atoms with van der Waals surface area (Å²) in [6.07, 6.45) is 1.67. The van der Waals surface area contributed by atoms with Crippen molar-refractivity contribution in [2.45, 2.75) is 24.8 Å². The average Bonchev–Trinajstić information content (AvgIpc) is 2.74. The van der Waals surface area contributed by atoms with E-state index in [4.69, 9.17) is 4.74 Å². The minimum absolute atomic E-state index is 0.161. The van der Waals surface area contributed by atoms with E-state index in [1.54, 1.807) is 17.2 Å². The lowest BCUT2D eigenvalue weighted by Crippen LogP contribution is -2.55. The Balaban J connectivity index is 1.81. The van der Waals surface area contributed by atoms with Gasteiger partial charge in [0.2, 0.25) is 10.0 Å². The third kappa shape index (κ3) is 5.35. The van der Waals surface area contributed by atoms with E-state index in [1.165, 1.54) is 4.31 Å². The summed E-state index contributed by atoms with van der Waals surface area (Å²) in [5.74, 6) is 1.19. The number of aliphatic hydroxyl groups excluding tert-OH is 1. The number of likely N-dealkylation sites (N-methyl/N-ethyl adjacent to an activating group) is 2. The normalized spacial score (nSPS) is 18.2. The van der Waals surface area contributed by atoms with Crippen LogP contribution in [0, 0.1) is 13.8 Å². The van der Waals surface area contributed by atoms with Gasteiger partial charge in [0.05, 0.1) is 19.2 Å². The first-order chi connectivity index (χ1) is 14.7. The summed E-state index contributed by atoms with van der Waals surface area (Å²) in [4.78, 5) is 8.43. The summed E-state index contributed by atoms with van der Waals surface area (Å²) in [5.41, 5.74) is 1.81. The Morgan fingerprint density at radius 2 is 2.00 bits per heavy atom. The molecule has 9 heteroatoms. The maximum absolute atomic E-state index is 13.6. The fraction of sp³-hybridized carbons (Fsp3) is 0.500. The van der Waals surface area contributed by atoms with Crippen LogP contribution in [0.2, 0.25) is 0 Å². The smallest absolute Gasteiger partial charge is 0.247 e. The molecule has 0 bridgehead atoms. The molecule has 1 fully saturated rings. The number of piperazine rings is 1. The number of aryl methyl sites for hydroxylation is 2. The Labute approximate surface area is 185 Å². The van der Waals surface area contributed by atoms with Crippen LogP contribution in [0.4, 0.5) is 5.82 Å². The number of hydrogen-bond donors (Lipinski definition) is 1. The molecule has 0 amide bonds. The number of hydrogen-bond acceptors (Lipinski definition) is 7. The molecular weight excluding hydrogens is 416 g/mol. The van der Waals surface area contributed by atoms with Crippen molar-refractivity contribution in [1.29, 1.82) is 0 Å². The zero-order chi connectivity index (χ0) is 22.6. The standard InChI is InChI=1S/C22H32N4O4S/c1-17-13-21(31(28,29)26-10-9-24(3)15-19(26)16-27)22(23-14-17)25(4)11-12-30-20-8-6-5-7-18(20)2/h5-8,13-14,19,27H,9-12,15-16H2,1-4H3. The van der Waals surface area contributed by atoms with Gasteiger partial charge in [-0.15, -0.1) is 0 Å². The van der Waals surface area contributed by atoms with Gasteiger partial charge in [0, 0.05) is 32.9 Å². The number of ether oxygens (including phenoxy) is 1. The molecule has 1 atom stereocenters. The first-order valence-electron chi connectivity index (χ1n) is 10.4. The van der Waals surface area contributed by atoms with Gasteiger partial charge in [0.25, 0.3) is 0 Å². The number of rotatable bonds is 8. The second-order valence-corrected chi connectivity index (χ2v) is 9.94. The third-order valence-electron chi connectivity index (χ3n) is 5.54. The second-order valence-electron chi connectivity index (χ2n) is 8.08. The molecule has 170 valence electrons.